The molecule has 0 saturated heterocycles. The molecule has 0 amide bonds. The summed E-state index contributed by atoms with van der Waals surface area (Å²) in [6.45, 7) is 0. The molecular weight excluding hydrogens is 208 g/mol. The van der Waals surface area contributed by atoms with Crippen molar-refractivity contribution >= 4 is 16.9 Å². The van der Waals surface area contributed by atoms with Gasteiger partial charge < -0.3 is 14.3 Å². The zero-order valence-corrected chi connectivity index (χ0v) is 8.90. The van der Waals surface area contributed by atoms with E-state index >= 15 is 0 Å². The minimum Gasteiger partial charge on any atom is -0.493 e. The summed E-state index contributed by atoms with van der Waals surface area (Å²) in [6, 6.07) is 5.50. The lowest BCUT2D eigenvalue weighted by molar-refractivity contribution is -0.136. The number of ether oxygens (including phenoxy) is 1. The zero-order chi connectivity index (χ0) is 11.5. The number of rotatable bonds is 4. The van der Waals surface area contributed by atoms with Gasteiger partial charge in [-0.2, -0.15) is 0 Å². The van der Waals surface area contributed by atoms with Crippen LogP contribution in [0.2, 0.25) is 0 Å². The van der Waals surface area contributed by atoms with Crippen LogP contribution in [0.1, 0.15) is 12.0 Å². The van der Waals surface area contributed by atoms with E-state index in [0.29, 0.717) is 17.8 Å². The highest BCUT2D eigenvalue weighted by Crippen LogP contribution is 2.29. The number of carboxylic acid groups (broad SMARTS) is 1. The number of fused-ring (bicyclic) bond motifs is 1. The summed E-state index contributed by atoms with van der Waals surface area (Å²) in [5.41, 5.74) is 1.64. The van der Waals surface area contributed by atoms with E-state index in [4.69, 9.17) is 14.3 Å². The van der Waals surface area contributed by atoms with Crippen LogP contribution in [0.4, 0.5) is 0 Å². The molecule has 1 aromatic heterocycles. The lowest BCUT2D eigenvalue weighted by Crippen LogP contribution is -1.97. The largest absolute Gasteiger partial charge is 0.493 e. The highest BCUT2D eigenvalue weighted by atomic mass is 16.5. The average Bonchev–Trinajstić information content (AvgIpc) is 2.74. The summed E-state index contributed by atoms with van der Waals surface area (Å²) in [7, 11) is 1.58. The average molecular weight is 220 g/mol. The van der Waals surface area contributed by atoms with E-state index in [9.17, 15) is 4.79 Å². The van der Waals surface area contributed by atoms with Crippen LogP contribution in [0.3, 0.4) is 0 Å². The molecule has 0 aliphatic heterocycles. The molecule has 4 nitrogen and oxygen atoms in total. The lowest BCUT2D eigenvalue weighted by Gasteiger charge is -2.04. The maximum absolute atomic E-state index is 10.5. The number of benzene rings is 1. The smallest absolute Gasteiger partial charge is 0.303 e. The highest BCUT2D eigenvalue weighted by Gasteiger charge is 2.10. The Balaban J connectivity index is 2.39. The number of aliphatic carboxylic acids is 1. The van der Waals surface area contributed by atoms with Gasteiger partial charge >= 0.3 is 5.97 Å². The van der Waals surface area contributed by atoms with Crippen LogP contribution in [0.25, 0.3) is 11.0 Å². The number of aryl methyl sites for hydroxylation is 1. The predicted molar refractivity (Wildman–Crippen MR) is 58.7 cm³/mol. The SMILES string of the molecule is COc1ccc(CCC(=O)O)c2ccoc12. The van der Waals surface area contributed by atoms with E-state index < -0.39 is 5.97 Å². The first-order valence-corrected chi connectivity index (χ1v) is 4.97. The maximum Gasteiger partial charge on any atom is 0.303 e. The fourth-order valence-corrected chi connectivity index (χ4v) is 1.72. The van der Waals surface area contributed by atoms with Crippen molar-refractivity contribution in [1.82, 2.24) is 0 Å². The van der Waals surface area contributed by atoms with Crippen LogP contribution >= 0.6 is 0 Å². The van der Waals surface area contributed by atoms with E-state index in [1.54, 1.807) is 19.4 Å². The number of carbonyl (C=O) groups is 1. The van der Waals surface area contributed by atoms with Crippen molar-refractivity contribution in [1.29, 1.82) is 0 Å². The van der Waals surface area contributed by atoms with Crippen LogP contribution < -0.4 is 4.74 Å². The quantitative estimate of drug-likeness (QED) is 0.859. The number of furan rings is 1. The van der Waals surface area contributed by atoms with Gasteiger partial charge in [0.1, 0.15) is 0 Å². The molecule has 0 saturated carbocycles. The van der Waals surface area contributed by atoms with Gasteiger partial charge in [0, 0.05) is 11.8 Å². The van der Waals surface area contributed by atoms with Crippen LogP contribution in [0.15, 0.2) is 28.9 Å². The second kappa shape index (κ2) is 4.26. The molecule has 2 aromatic rings. The monoisotopic (exact) mass is 220 g/mol. The molecule has 1 heterocycles. The van der Waals surface area contributed by atoms with Crippen molar-refractivity contribution in [3.05, 3.63) is 30.0 Å². The molecular formula is C12H12O4. The van der Waals surface area contributed by atoms with Gasteiger partial charge in [0.05, 0.1) is 13.4 Å². The fourth-order valence-electron chi connectivity index (χ4n) is 1.72. The summed E-state index contributed by atoms with van der Waals surface area (Å²) in [6.07, 6.45) is 2.19. The topological polar surface area (TPSA) is 59.7 Å². The van der Waals surface area contributed by atoms with Gasteiger partial charge in [0.25, 0.3) is 0 Å². The zero-order valence-electron chi connectivity index (χ0n) is 8.90. The van der Waals surface area contributed by atoms with Gasteiger partial charge in [0.15, 0.2) is 11.3 Å². The molecule has 0 fully saturated rings. The van der Waals surface area contributed by atoms with Crippen LogP contribution in [-0.2, 0) is 11.2 Å². The molecule has 0 atom stereocenters. The molecule has 0 radical (unpaired) electrons. The molecule has 0 aliphatic carbocycles. The molecule has 4 heteroatoms. The Labute approximate surface area is 92.4 Å². The van der Waals surface area contributed by atoms with Gasteiger partial charge in [0.2, 0.25) is 0 Å². The van der Waals surface area contributed by atoms with Gasteiger partial charge in [-0.3, -0.25) is 4.79 Å². The molecule has 84 valence electrons. The summed E-state index contributed by atoms with van der Waals surface area (Å²) in [4.78, 5) is 10.5. The Kier molecular flexibility index (Phi) is 2.81. The Bertz CT molecular complexity index is 513. The van der Waals surface area contributed by atoms with Crippen LogP contribution in [0.5, 0.6) is 5.75 Å². The van der Waals surface area contributed by atoms with E-state index in [2.05, 4.69) is 0 Å². The van der Waals surface area contributed by atoms with Crippen molar-refractivity contribution < 1.29 is 19.1 Å². The summed E-state index contributed by atoms with van der Waals surface area (Å²) < 4.78 is 10.5. The molecule has 0 bridgehead atoms. The normalized spacial score (nSPS) is 10.6. The third-order valence-corrected chi connectivity index (χ3v) is 2.50. The Hall–Kier alpha value is -1.97. The molecule has 16 heavy (non-hydrogen) atoms. The third kappa shape index (κ3) is 1.86. The molecule has 2 rings (SSSR count). The number of carboxylic acids is 1. The standard InChI is InChI=1S/C12H12O4/c1-15-10-4-2-8(3-5-11(13)14)9-6-7-16-12(9)10/h2,4,6-7H,3,5H2,1H3,(H,13,14). The molecule has 0 unspecified atom stereocenters. The van der Waals surface area contributed by atoms with Gasteiger partial charge in [-0.1, -0.05) is 6.07 Å². The third-order valence-electron chi connectivity index (χ3n) is 2.50. The van der Waals surface area contributed by atoms with Gasteiger partial charge in [-0.15, -0.1) is 0 Å². The van der Waals surface area contributed by atoms with E-state index in [0.717, 1.165) is 10.9 Å². The Morgan fingerprint density at radius 1 is 1.44 bits per heavy atom. The summed E-state index contributed by atoms with van der Waals surface area (Å²) >= 11 is 0. The molecule has 0 spiro atoms. The summed E-state index contributed by atoms with van der Waals surface area (Å²) in [5, 5.41) is 9.57. The first kappa shape index (κ1) is 10.5. The predicted octanol–water partition coefficient (Wildman–Crippen LogP) is 2.46. The first-order chi connectivity index (χ1) is 7.72. The van der Waals surface area contributed by atoms with Crippen molar-refractivity contribution in [3.63, 3.8) is 0 Å². The number of hydrogen-bond acceptors (Lipinski definition) is 3. The van der Waals surface area contributed by atoms with E-state index in [-0.39, 0.29) is 6.42 Å². The minimum absolute atomic E-state index is 0.118. The Morgan fingerprint density at radius 2 is 2.25 bits per heavy atom. The lowest BCUT2D eigenvalue weighted by atomic mass is 10.1. The van der Waals surface area contributed by atoms with Crippen molar-refractivity contribution in [2.24, 2.45) is 0 Å². The highest BCUT2D eigenvalue weighted by molar-refractivity contribution is 5.86. The van der Waals surface area contributed by atoms with Gasteiger partial charge in [-0.05, 0) is 24.1 Å². The molecule has 1 N–H and O–H groups in total. The second-order valence-corrected chi connectivity index (χ2v) is 3.48. The first-order valence-electron chi connectivity index (χ1n) is 4.97. The molecule has 0 aliphatic rings. The van der Waals surface area contributed by atoms with Crippen LogP contribution in [0, 0.1) is 0 Å². The van der Waals surface area contributed by atoms with E-state index in [1.807, 2.05) is 12.1 Å². The molecule has 1 aromatic carbocycles. The number of hydrogen-bond donors (Lipinski definition) is 1. The Morgan fingerprint density at radius 3 is 2.94 bits per heavy atom. The minimum atomic E-state index is -0.799. The van der Waals surface area contributed by atoms with Crippen molar-refractivity contribution in [2.45, 2.75) is 12.8 Å². The van der Waals surface area contributed by atoms with Crippen LogP contribution in [-0.4, -0.2) is 18.2 Å². The second-order valence-electron chi connectivity index (χ2n) is 3.48. The van der Waals surface area contributed by atoms with Crippen molar-refractivity contribution in [2.75, 3.05) is 7.11 Å². The van der Waals surface area contributed by atoms with E-state index in [1.165, 1.54) is 0 Å². The number of methoxy groups -OCH3 is 1. The van der Waals surface area contributed by atoms with Crippen molar-refractivity contribution in [3.8, 4) is 5.75 Å². The maximum atomic E-state index is 10.5. The summed E-state index contributed by atoms with van der Waals surface area (Å²) in [5.74, 6) is -0.133. The fraction of sp³-hybridized carbons (Fsp3) is 0.250. The van der Waals surface area contributed by atoms with Gasteiger partial charge in [-0.25, -0.2) is 0 Å².